The fraction of sp³-hybridized carbons (Fsp3) is 0.900. The summed E-state index contributed by atoms with van der Waals surface area (Å²) in [6.45, 7) is 3.35. The van der Waals surface area contributed by atoms with Crippen LogP contribution in [0.1, 0.15) is 32.6 Å². The van der Waals surface area contributed by atoms with E-state index in [0.717, 1.165) is 19.4 Å². The van der Waals surface area contributed by atoms with E-state index in [4.69, 9.17) is 4.74 Å². The molecule has 0 aromatic rings. The van der Waals surface area contributed by atoms with Gasteiger partial charge in [0.1, 0.15) is 0 Å². The lowest BCUT2D eigenvalue weighted by Gasteiger charge is -2.22. The molecule has 0 bridgehead atoms. The third kappa shape index (κ3) is 4.33. The van der Waals surface area contributed by atoms with E-state index in [2.05, 4.69) is 17.9 Å². The molecule has 1 saturated heterocycles. The average molecular weight is 217 g/mol. The first-order valence-corrected chi connectivity index (χ1v) is 5.79. The highest BCUT2D eigenvalue weighted by atomic mass is 32.1. The summed E-state index contributed by atoms with van der Waals surface area (Å²) in [5.74, 6) is 0.00384. The van der Waals surface area contributed by atoms with E-state index in [1.54, 1.807) is 6.92 Å². The predicted octanol–water partition coefficient (Wildman–Crippen LogP) is 1.38. The van der Waals surface area contributed by atoms with Gasteiger partial charge in [0, 0.05) is 13.2 Å². The molecule has 14 heavy (non-hydrogen) atoms. The number of nitrogens with one attached hydrogen (secondary N) is 1. The SMILES string of the molecule is CC(S)C(=O)NCCC1CCCCO1. The summed E-state index contributed by atoms with van der Waals surface area (Å²) in [5, 5.41) is 2.61. The Labute approximate surface area is 91.0 Å². The first-order chi connectivity index (χ1) is 6.70. The van der Waals surface area contributed by atoms with E-state index in [0.29, 0.717) is 12.6 Å². The molecule has 1 heterocycles. The Hall–Kier alpha value is -0.220. The number of carbonyl (C=O) groups excluding carboxylic acids is 1. The molecule has 0 radical (unpaired) electrons. The second-order valence-corrected chi connectivity index (χ2v) is 4.52. The van der Waals surface area contributed by atoms with Crippen LogP contribution >= 0.6 is 12.6 Å². The van der Waals surface area contributed by atoms with Crippen LogP contribution in [-0.4, -0.2) is 30.4 Å². The lowest BCUT2D eigenvalue weighted by atomic mass is 10.1. The smallest absolute Gasteiger partial charge is 0.232 e. The van der Waals surface area contributed by atoms with Crippen LogP contribution in [0.4, 0.5) is 0 Å². The van der Waals surface area contributed by atoms with Crippen LogP contribution in [0.15, 0.2) is 0 Å². The van der Waals surface area contributed by atoms with Gasteiger partial charge in [-0.15, -0.1) is 0 Å². The Morgan fingerprint density at radius 3 is 3.00 bits per heavy atom. The van der Waals surface area contributed by atoms with E-state index in [9.17, 15) is 4.79 Å². The molecule has 1 aliphatic rings. The van der Waals surface area contributed by atoms with Gasteiger partial charge in [0.25, 0.3) is 0 Å². The zero-order chi connectivity index (χ0) is 10.4. The van der Waals surface area contributed by atoms with Crippen molar-refractivity contribution >= 4 is 18.5 Å². The number of carbonyl (C=O) groups is 1. The van der Waals surface area contributed by atoms with Gasteiger partial charge >= 0.3 is 0 Å². The molecule has 0 saturated carbocycles. The molecular weight excluding hydrogens is 198 g/mol. The van der Waals surface area contributed by atoms with Gasteiger partial charge in [-0.25, -0.2) is 0 Å². The van der Waals surface area contributed by atoms with Crippen LogP contribution < -0.4 is 5.32 Å². The van der Waals surface area contributed by atoms with E-state index in [1.807, 2.05) is 0 Å². The van der Waals surface area contributed by atoms with Gasteiger partial charge in [0.2, 0.25) is 5.91 Å². The summed E-state index contributed by atoms with van der Waals surface area (Å²) in [5.41, 5.74) is 0. The minimum atomic E-state index is -0.220. The standard InChI is InChI=1S/C10H19NO2S/c1-8(14)10(12)11-6-5-9-4-2-3-7-13-9/h8-9,14H,2-7H2,1H3,(H,11,12). The third-order valence-electron chi connectivity index (χ3n) is 2.42. The fourth-order valence-corrected chi connectivity index (χ4v) is 1.63. The Kier molecular flexibility index (Phi) is 5.33. The molecule has 82 valence electrons. The highest BCUT2D eigenvalue weighted by Gasteiger charge is 2.14. The van der Waals surface area contributed by atoms with Gasteiger partial charge < -0.3 is 10.1 Å². The average Bonchev–Trinajstić information content (AvgIpc) is 2.19. The molecule has 1 fully saturated rings. The lowest BCUT2D eigenvalue weighted by molar-refractivity contribution is -0.120. The van der Waals surface area contributed by atoms with Crippen molar-refractivity contribution in [2.24, 2.45) is 0 Å². The Morgan fingerprint density at radius 2 is 2.43 bits per heavy atom. The van der Waals surface area contributed by atoms with Crippen molar-refractivity contribution in [2.75, 3.05) is 13.2 Å². The second kappa shape index (κ2) is 6.30. The second-order valence-electron chi connectivity index (χ2n) is 3.74. The highest BCUT2D eigenvalue weighted by molar-refractivity contribution is 7.81. The van der Waals surface area contributed by atoms with Crippen LogP contribution in [0.5, 0.6) is 0 Å². The van der Waals surface area contributed by atoms with E-state index >= 15 is 0 Å². The number of amides is 1. The normalized spacial score (nSPS) is 24.3. The molecule has 2 atom stereocenters. The largest absolute Gasteiger partial charge is 0.378 e. The summed E-state index contributed by atoms with van der Waals surface area (Å²) in [6, 6.07) is 0. The molecule has 0 aliphatic carbocycles. The molecule has 1 rings (SSSR count). The fourth-order valence-electron chi connectivity index (χ4n) is 1.54. The summed E-state index contributed by atoms with van der Waals surface area (Å²) >= 11 is 4.05. The van der Waals surface area contributed by atoms with E-state index < -0.39 is 0 Å². The molecule has 1 N–H and O–H groups in total. The van der Waals surface area contributed by atoms with Gasteiger partial charge in [-0.1, -0.05) is 0 Å². The van der Waals surface area contributed by atoms with Crippen molar-refractivity contribution in [1.29, 1.82) is 0 Å². The summed E-state index contributed by atoms with van der Waals surface area (Å²) in [6.07, 6.45) is 4.83. The van der Waals surface area contributed by atoms with Gasteiger partial charge in [-0.2, -0.15) is 12.6 Å². The minimum absolute atomic E-state index is 0.00384. The maximum absolute atomic E-state index is 11.2. The Balaban J connectivity index is 2.05. The molecule has 1 aliphatic heterocycles. The Bertz CT molecular complexity index is 179. The number of thiol groups is 1. The summed E-state index contributed by atoms with van der Waals surface area (Å²) < 4.78 is 5.55. The topological polar surface area (TPSA) is 38.3 Å². The van der Waals surface area contributed by atoms with Crippen LogP contribution in [0.25, 0.3) is 0 Å². The quantitative estimate of drug-likeness (QED) is 0.698. The Morgan fingerprint density at radius 1 is 1.64 bits per heavy atom. The third-order valence-corrected chi connectivity index (χ3v) is 2.65. The number of hydrogen-bond acceptors (Lipinski definition) is 3. The van der Waals surface area contributed by atoms with E-state index in [-0.39, 0.29) is 11.2 Å². The van der Waals surface area contributed by atoms with Crippen molar-refractivity contribution in [3.8, 4) is 0 Å². The minimum Gasteiger partial charge on any atom is -0.378 e. The lowest BCUT2D eigenvalue weighted by Crippen LogP contribution is -2.33. The number of ether oxygens (including phenoxy) is 1. The van der Waals surface area contributed by atoms with Crippen LogP contribution in [-0.2, 0) is 9.53 Å². The molecule has 2 unspecified atom stereocenters. The van der Waals surface area contributed by atoms with Crippen LogP contribution in [0.3, 0.4) is 0 Å². The van der Waals surface area contributed by atoms with Crippen molar-refractivity contribution in [1.82, 2.24) is 5.32 Å². The molecule has 0 spiro atoms. The first-order valence-electron chi connectivity index (χ1n) is 5.27. The highest BCUT2D eigenvalue weighted by Crippen LogP contribution is 2.14. The summed E-state index contributed by atoms with van der Waals surface area (Å²) in [4.78, 5) is 11.2. The number of rotatable bonds is 4. The van der Waals surface area contributed by atoms with Crippen LogP contribution in [0.2, 0.25) is 0 Å². The zero-order valence-corrected chi connectivity index (χ0v) is 9.56. The van der Waals surface area contributed by atoms with Gasteiger partial charge in [0.15, 0.2) is 0 Å². The van der Waals surface area contributed by atoms with Crippen molar-refractivity contribution in [2.45, 2.75) is 44.0 Å². The molecule has 0 aromatic carbocycles. The molecule has 0 aromatic heterocycles. The first kappa shape index (κ1) is 11.9. The van der Waals surface area contributed by atoms with Gasteiger partial charge in [0.05, 0.1) is 11.4 Å². The predicted molar refractivity (Wildman–Crippen MR) is 59.7 cm³/mol. The maximum atomic E-state index is 11.2. The van der Waals surface area contributed by atoms with Crippen molar-refractivity contribution < 1.29 is 9.53 Å². The van der Waals surface area contributed by atoms with Crippen molar-refractivity contribution in [3.63, 3.8) is 0 Å². The zero-order valence-electron chi connectivity index (χ0n) is 8.66. The molecular formula is C10H19NO2S. The maximum Gasteiger partial charge on any atom is 0.232 e. The van der Waals surface area contributed by atoms with Crippen LogP contribution in [0, 0.1) is 0 Å². The van der Waals surface area contributed by atoms with Crippen molar-refractivity contribution in [3.05, 3.63) is 0 Å². The summed E-state index contributed by atoms with van der Waals surface area (Å²) in [7, 11) is 0. The molecule has 1 amide bonds. The van der Waals surface area contributed by atoms with E-state index in [1.165, 1.54) is 12.8 Å². The van der Waals surface area contributed by atoms with Gasteiger partial charge in [-0.05, 0) is 32.6 Å². The molecule has 4 heteroatoms. The monoisotopic (exact) mass is 217 g/mol. The van der Waals surface area contributed by atoms with Gasteiger partial charge in [-0.3, -0.25) is 4.79 Å². The number of hydrogen-bond donors (Lipinski definition) is 2. The molecule has 3 nitrogen and oxygen atoms in total.